The zero-order valence-electron chi connectivity index (χ0n) is 7.67. The summed E-state index contributed by atoms with van der Waals surface area (Å²) in [5, 5.41) is 9.60. The molecule has 0 radical (unpaired) electrons. The molecule has 0 fully saturated rings. The Labute approximate surface area is 106 Å². The molecule has 0 aliphatic carbocycles. The van der Waals surface area contributed by atoms with Gasteiger partial charge < -0.3 is 10.1 Å². The van der Waals surface area contributed by atoms with Gasteiger partial charge in [-0.15, -0.1) is 0 Å². The lowest BCUT2D eigenvalue weighted by Crippen LogP contribution is -1.86. The standard InChI is InChI=1S/C10H8ClIN2O/c11-6-1-2-9(12)8(3-6)10-13-4-7(5-15)14-10/h1-4,15H,5H2,(H,13,14). The summed E-state index contributed by atoms with van der Waals surface area (Å²) in [5.41, 5.74) is 1.64. The number of benzene rings is 1. The number of aromatic amines is 1. The Balaban J connectivity index is 2.48. The first-order valence-electron chi connectivity index (χ1n) is 4.31. The first kappa shape index (κ1) is 10.9. The third kappa shape index (κ3) is 2.32. The molecule has 2 rings (SSSR count). The van der Waals surface area contributed by atoms with Gasteiger partial charge in [0, 0.05) is 14.2 Å². The summed E-state index contributed by atoms with van der Waals surface area (Å²) in [6.07, 6.45) is 1.62. The van der Waals surface area contributed by atoms with Crippen LogP contribution in [0.4, 0.5) is 0 Å². The number of nitrogens with zero attached hydrogens (tertiary/aromatic N) is 1. The maximum absolute atomic E-state index is 8.92. The van der Waals surface area contributed by atoms with E-state index in [0.29, 0.717) is 10.7 Å². The van der Waals surface area contributed by atoms with E-state index in [-0.39, 0.29) is 6.61 Å². The molecular formula is C10H8ClIN2O. The third-order valence-electron chi connectivity index (χ3n) is 1.98. The summed E-state index contributed by atoms with van der Waals surface area (Å²) in [6.45, 7) is -0.0376. The number of nitrogens with one attached hydrogen (secondary N) is 1. The van der Waals surface area contributed by atoms with Gasteiger partial charge in [0.1, 0.15) is 5.82 Å². The van der Waals surface area contributed by atoms with Crippen molar-refractivity contribution in [2.45, 2.75) is 6.61 Å². The summed E-state index contributed by atoms with van der Waals surface area (Å²) < 4.78 is 1.07. The first-order valence-corrected chi connectivity index (χ1v) is 5.76. The predicted molar refractivity (Wildman–Crippen MR) is 67.7 cm³/mol. The molecule has 1 aromatic heterocycles. The molecule has 0 aliphatic heterocycles. The van der Waals surface area contributed by atoms with Crippen LogP contribution in [0.5, 0.6) is 0 Å². The lowest BCUT2D eigenvalue weighted by atomic mass is 10.2. The van der Waals surface area contributed by atoms with Crippen LogP contribution in [0.3, 0.4) is 0 Å². The van der Waals surface area contributed by atoms with E-state index in [0.717, 1.165) is 15.0 Å². The van der Waals surface area contributed by atoms with Crippen LogP contribution in [0.1, 0.15) is 5.69 Å². The molecule has 1 heterocycles. The number of aliphatic hydroxyl groups is 1. The quantitative estimate of drug-likeness (QED) is 0.830. The van der Waals surface area contributed by atoms with Crippen molar-refractivity contribution in [2.75, 3.05) is 0 Å². The Kier molecular flexibility index (Phi) is 3.28. The van der Waals surface area contributed by atoms with Gasteiger partial charge >= 0.3 is 0 Å². The normalized spacial score (nSPS) is 10.6. The smallest absolute Gasteiger partial charge is 0.138 e. The third-order valence-corrected chi connectivity index (χ3v) is 3.16. The Hall–Kier alpha value is -0.590. The molecule has 0 amide bonds. The first-order chi connectivity index (χ1) is 7.20. The van der Waals surface area contributed by atoms with Crippen LogP contribution >= 0.6 is 34.2 Å². The molecule has 0 saturated carbocycles. The van der Waals surface area contributed by atoms with Gasteiger partial charge in [0.2, 0.25) is 0 Å². The SMILES string of the molecule is OCc1cnc(-c2cc(Cl)ccc2I)[nH]1. The number of aliphatic hydroxyl groups excluding tert-OH is 1. The largest absolute Gasteiger partial charge is 0.390 e. The second kappa shape index (κ2) is 4.51. The monoisotopic (exact) mass is 334 g/mol. The van der Waals surface area contributed by atoms with Gasteiger partial charge in [-0.25, -0.2) is 4.98 Å². The van der Waals surface area contributed by atoms with E-state index < -0.39 is 0 Å². The van der Waals surface area contributed by atoms with Gasteiger partial charge in [0.25, 0.3) is 0 Å². The van der Waals surface area contributed by atoms with Crippen LogP contribution in [0.15, 0.2) is 24.4 Å². The number of hydrogen-bond donors (Lipinski definition) is 2. The summed E-state index contributed by atoms with van der Waals surface area (Å²) in [6, 6.07) is 5.62. The molecule has 0 unspecified atom stereocenters. The van der Waals surface area contributed by atoms with Crippen LogP contribution < -0.4 is 0 Å². The molecule has 0 spiro atoms. The van der Waals surface area contributed by atoms with Crippen molar-refractivity contribution in [1.82, 2.24) is 9.97 Å². The van der Waals surface area contributed by atoms with Crippen molar-refractivity contribution in [1.29, 1.82) is 0 Å². The Morgan fingerprint density at radius 1 is 1.47 bits per heavy atom. The molecule has 0 aliphatic rings. The minimum atomic E-state index is -0.0376. The van der Waals surface area contributed by atoms with E-state index in [1.807, 2.05) is 18.2 Å². The molecule has 5 heteroatoms. The van der Waals surface area contributed by atoms with Crippen molar-refractivity contribution < 1.29 is 5.11 Å². The van der Waals surface area contributed by atoms with Gasteiger partial charge in [-0.3, -0.25) is 0 Å². The van der Waals surface area contributed by atoms with Crippen molar-refractivity contribution in [3.63, 3.8) is 0 Å². The molecule has 0 atom stereocenters. The highest BCUT2D eigenvalue weighted by molar-refractivity contribution is 14.1. The van der Waals surface area contributed by atoms with Gasteiger partial charge in [0.15, 0.2) is 0 Å². The van der Waals surface area contributed by atoms with Crippen LogP contribution in [-0.2, 0) is 6.61 Å². The molecular weight excluding hydrogens is 326 g/mol. The molecule has 0 bridgehead atoms. The van der Waals surface area contributed by atoms with Gasteiger partial charge in [0.05, 0.1) is 18.5 Å². The second-order valence-corrected chi connectivity index (χ2v) is 4.64. The Morgan fingerprint density at radius 2 is 2.27 bits per heavy atom. The van der Waals surface area contributed by atoms with Crippen molar-refractivity contribution in [3.05, 3.63) is 38.7 Å². The maximum Gasteiger partial charge on any atom is 0.138 e. The van der Waals surface area contributed by atoms with E-state index in [4.69, 9.17) is 16.7 Å². The number of hydrogen-bond acceptors (Lipinski definition) is 2. The van der Waals surface area contributed by atoms with Crippen LogP contribution in [0.25, 0.3) is 11.4 Å². The number of halogens is 2. The summed E-state index contributed by atoms with van der Waals surface area (Å²) >= 11 is 8.13. The highest BCUT2D eigenvalue weighted by Crippen LogP contribution is 2.25. The maximum atomic E-state index is 8.92. The van der Waals surface area contributed by atoms with Gasteiger partial charge in [-0.05, 0) is 40.8 Å². The van der Waals surface area contributed by atoms with Crippen molar-refractivity contribution >= 4 is 34.2 Å². The molecule has 78 valence electrons. The number of imidazole rings is 1. The fourth-order valence-corrected chi connectivity index (χ4v) is 2.02. The predicted octanol–water partition coefficient (Wildman–Crippen LogP) is 2.83. The van der Waals surface area contributed by atoms with Gasteiger partial charge in [-0.2, -0.15) is 0 Å². The van der Waals surface area contributed by atoms with E-state index >= 15 is 0 Å². The molecule has 2 N–H and O–H groups in total. The van der Waals surface area contributed by atoms with Crippen molar-refractivity contribution in [2.24, 2.45) is 0 Å². The lowest BCUT2D eigenvalue weighted by molar-refractivity contribution is 0.277. The van der Waals surface area contributed by atoms with Crippen LogP contribution in [0, 0.1) is 3.57 Å². The fourth-order valence-electron chi connectivity index (χ4n) is 1.26. The average Bonchev–Trinajstić information content (AvgIpc) is 2.70. The van der Waals surface area contributed by atoms with Crippen molar-refractivity contribution in [3.8, 4) is 11.4 Å². The fraction of sp³-hybridized carbons (Fsp3) is 0.100. The summed E-state index contributed by atoms with van der Waals surface area (Å²) in [4.78, 5) is 7.20. The number of H-pyrrole nitrogens is 1. The number of aromatic nitrogens is 2. The van der Waals surface area contributed by atoms with Gasteiger partial charge in [-0.1, -0.05) is 11.6 Å². The number of rotatable bonds is 2. The topological polar surface area (TPSA) is 48.9 Å². The minimum Gasteiger partial charge on any atom is -0.390 e. The van der Waals surface area contributed by atoms with E-state index in [9.17, 15) is 0 Å². The Morgan fingerprint density at radius 3 is 2.93 bits per heavy atom. The van der Waals surface area contributed by atoms with E-state index in [1.165, 1.54) is 0 Å². The van der Waals surface area contributed by atoms with Crippen LogP contribution in [0.2, 0.25) is 5.02 Å². The average molecular weight is 335 g/mol. The highest BCUT2D eigenvalue weighted by atomic mass is 127. The highest BCUT2D eigenvalue weighted by Gasteiger charge is 2.07. The molecule has 2 aromatic rings. The van der Waals surface area contributed by atoms with E-state index in [2.05, 4.69) is 32.6 Å². The molecule has 1 aromatic carbocycles. The second-order valence-electron chi connectivity index (χ2n) is 3.04. The Bertz CT molecular complexity index is 484. The lowest BCUT2D eigenvalue weighted by Gasteiger charge is -2.01. The zero-order valence-corrected chi connectivity index (χ0v) is 10.6. The van der Waals surface area contributed by atoms with Crippen LogP contribution in [-0.4, -0.2) is 15.1 Å². The molecule has 15 heavy (non-hydrogen) atoms. The molecule has 3 nitrogen and oxygen atoms in total. The zero-order chi connectivity index (χ0) is 10.8. The minimum absolute atomic E-state index is 0.0376. The molecule has 0 saturated heterocycles. The summed E-state index contributed by atoms with van der Waals surface area (Å²) in [7, 11) is 0. The summed E-state index contributed by atoms with van der Waals surface area (Å²) in [5.74, 6) is 0.728. The van der Waals surface area contributed by atoms with E-state index in [1.54, 1.807) is 6.20 Å².